The molecule has 4 nitrogen and oxygen atoms in total. The Hall–Kier alpha value is -2.47. The van der Waals surface area contributed by atoms with Gasteiger partial charge in [-0.2, -0.15) is 5.10 Å². The van der Waals surface area contributed by atoms with Crippen LogP contribution in [0, 0.1) is 5.82 Å². The highest BCUT2D eigenvalue weighted by molar-refractivity contribution is 8.00. The van der Waals surface area contributed by atoms with Crippen LogP contribution < -0.4 is 5.32 Å². The van der Waals surface area contributed by atoms with Crippen LogP contribution in [-0.2, 0) is 4.79 Å². The van der Waals surface area contributed by atoms with Crippen LogP contribution in [0.3, 0.4) is 0 Å². The highest BCUT2D eigenvalue weighted by Gasteiger charge is 2.08. The van der Waals surface area contributed by atoms with Crippen LogP contribution in [0.25, 0.3) is 10.8 Å². The number of aromatic nitrogens is 2. The number of hydrogen-bond donors (Lipinski definition) is 1. The van der Waals surface area contributed by atoms with Gasteiger partial charge in [0.15, 0.2) is 0 Å². The zero-order valence-electron chi connectivity index (χ0n) is 11.5. The number of fused-ring (bicyclic) bond motifs is 1. The van der Waals surface area contributed by atoms with E-state index in [9.17, 15) is 9.18 Å². The molecule has 22 heavy (non-hydrogen) atoms. The summed E-state index contributed by atoms with van der Waals surface area (Å²) in [6.07, 6.45) is 1.69. The molecule has 3 rings (SSSR count). The first-order valence-corrected chi connectivity index (χ1v) is 7.59. The lowest BCUT2D eigenvalue weighted by Crippen LogP contribution is -2.14. The van der Waals surface area contributed by atoms with Gasteiger partial charge in [-0.3, -0.25) is 4.79 Å². The molecule has 0 bridgehead atoms. The number of anilines is 1. The fraction of sp³-hybridized carbons (Fsp3) is 0.0625. The molecule has 0 unspecified atom stereocenters. The van der Waals surface area contributed by atoms with Crippen molar-refractivity contribution in [3.8, 4) is 0 Å². The van der Waals surface area contributed by atoms with Gasteiger partial charge in [0.1, 0.15) is 10.8 Å². The monoisotopic (exact) mass is 313 g/mol. The van der Waals surface area contributed by atoms with Gasteiger partial charge in [0.25, 0.3) is 0 Å². The molecule has 0 fully saturated rings. The van der Waals surface area contributed by atoms with Crippen LogP contribution in [0.4, 0.5) is 10.1 Å². The topological polar surface area (TPSA) is 54.9 Å². The summed E-state index contributed by atoms with van der Waals surface area (Å²) >= 11 is 1.30. The number of thioether (sulfide) groups is 1. The van der Waals surface area contributed by atoms with E-state index in [2.05, 4.69) is 15.5 Å². The zero-order valence-corrected chi connectivity index (χ0v) is 12.3. The number of nitrogens with zero attached hydrogens (tertiary/aromatic N) is 2. The van der Waals surface area contributed by atoms with E-state index in [1.165, 1.54) is 23.9 Å². The van der Waals surface area contributed by atoms with Crippen LogP contribution in [0.15, 0.2) is 59.8 Å². The highest BCUT2D eigenvalue weighted by Crippen LogP contribution is 2.24. The van der Waals surface area contributed by atoms with Crippen molar-refractivity contribution in [2.45, 2.75) is 5.03 Å². The molecule has 0 spiro atoms. The predicted molar refractivity (Wildman–Crippen MR) is 85.3 cm³/mol. The molecule has 1 amide bonds. The third-order valence-electron chi connectivity index (χ3n) is 2.98. The first kappa shape index (κ1) is 14.5. The second-order valence-corrected chi connectivity index (χ2v) is 5.55. The average Bonchev–Trinajstić information content (AvgIpc) is 2.53. The summed E-state index contributed by atoms with van der Waals surface area (Å²) in [6, 6.07) is 13.5. The molecule has 0 radical (unpaired) electrons. The van der Waals surface area contributed by atoms with Crippen molar-refractivity contribution in [2.24, 2.45) is 0 Å². The zero-order chi connectivity index (χ0) is 15.4. The SMILES string of the molecule is O=C(CSc1nncc2ccccc12)Nc1cccc(F)c1. The summed E-state index contributed by atoms with van der Waals surface area (Å²) in [5.41, 5.74) is 0.439. The average molecular weight is 313 g/mol. The van der Waals surface area contributed by atoms with E-state index in [4.69, 9.17) is 0 Å². The van der Waals surface area contributed by atoms with Gasteiger partial charge in [0.2, 0.25) is 5.91 Å². The van der Waals surface area contributed by atoms with Gasteiger partial charge in [-0.1, -0.05) is 42.1 Å². The molecule has 3 aromatic rings. The van der Waals surface area contributed by atoms with E-state index in [1.807, 2.05) is 24.3 Å². The van der Waals surface area contributed by atoms with Crippen LogP contribution >= 0.6 is 11.8 Å². The fourth-order valence-corrected chi connectivity index (χ4v) is 2.79. The first-order chi connectivity index (χ1) is 10.7. The molecule has 6 heteroatoms. The van der Waals surface area contributed by atoms with Crippen molar-refractivity contribution >= 4 is 34.1 Å². The summed E-state index contributed by atoms with van der Waals surface area (Å²) in [7, 11) is 0. The van der Waals surface area contributed by atoms with Crippen LogP contribution in [0.2, 0.25) is 0 Å². The van der Waals surface area contributed by atoms with E-state index >= 15 is 0 Å². The molecule has 110 valence electrons. The molecule has 0 aliphatic heterocycles. The highest BCUT2D eigenvalue weighted by atomic mass is 32.2. The second-order valence-electron chi connectivity index (χ2n) is 4.58. The van der Waals surface area contributed by atoms with Crippen molar-refractivity contribution in [3.05, 3.63) is 60.5 Å². The maximum absolute atomic E-state index is 13.1. The number of amides is 1. The van der Waals surface area contributed by atoms with Gasteiger partial charge in [-0.15, -0.1) is 5.10 Å². The Bertz CT molecular complexity index is 820. The summed E-state index contributed by atoms with van der Waals surface area (Å²) < 4.78 is 13.1. The van der Waals surface area contributed by atoms with E-state index in [1.54, 1.807) is 18.3 Å². The number of carbonyl (C=O) groups is 1. The number of halogens is 1. The Morgan fingerprint density at radius 2 is 2.05 bits per heavy atom. The molecule has 0 aliphatic carbocycles. The number of hydrogen-bond acceptors (Lipinski definition) is 4. The Morgan fingerprint density at radius 3 is 2.91 bits per heavy atom. The van der Waals surface area contributed by atoms with E-state index in [-0.39, 0.29) is 17.5 Å². The van der Waals surface area contributed by atoms with E-state index < -0.39 is 0 Å². The first-order valence-electron chi connectivity index (χ1n) is 6.61. The van der Waals surface area contributed by atoms with Crippen LogP contribution in [0.1, 0.15) is 0 Å². The van der Waals surface area contributed by atoms with Gasteiger partial charge in [0.05, 0.1) is 11.9 Å². The third-order valence-corrected chi connectivity index (χ3v) is 3.97. The molecule has 1 aromatic heterocycles. The number of benzene rings is 2. The van der Waals surface area contributed by atoms with Gasteiger partial charge in [-0.25, -0.2) is 4.39 Å². The summed E-state index contributed by atoms with van der Waals surface area (Å²) in [6.45, 7) is 0. The lowest BCUT2D eigenvalue weighted by Gasteiger charge is -2.06. The Morgan fingerprint density at radius 1 is 1.18 bits per heavy atom. The van der Waals surface area contributed by atoms with Crippen LogP contribution in [-0.4, -0.2) is 21.9 Å². The van der Waals surface area contributed by atoms with Gasteiger partial charge in [-0.05, 0) is 18.2 Å². The summed E-state index contributed by atoms with van der Waals surface area (Å²) in [5, 5.41) is 13.3. The van der Waals surface area contributed by atoms with Crippen molar-refractivity contribution < 1.29 is 9.18 Å². The summed E-state index contributed by atoms with van der Waals surface area (Å²) in [4.78, 5) is 11.9. The predicted octanol–water partition coefficient (Wildman–Crippen LogP) is 3.50. The lowest BCUT2D eigenvalue weighted by molar-refractivity contribution is -0.113. The maximum Gasteiger partial charge on any atom is 0.234 e. The standard InChI is InChI=1S/C16H12FN3OS/c17-12-5-3-6-13(8-12)19-15(21)10-22-16-14-7-2-1-4-11(14)9-18-20-16/h1-9H,10H2,(H,19,21). The van der Waals surface area contributed by atoms with E-state index in [0.717, 1.165) is 10.8 Å². The number of carbonyl (C=O) groups excluding carboxylic acids is 1. The van der Waals surface area contributed by atoms with E-state index in [0.29, 0.717) is 10.7 Å². The normalized spacial score (nSPS) is 10.6. The van der Waals surface area contributed by atoms with Crippen molar-refractivity contribution in [2.75, 3.05) is 11.1 Å². The molecule has 1 N–H and O–H groups in total. The molecule has 0 atom stereocenters. The quantitative estimate of drug-likeness (QED) is 0.749. The van der Waals surface area contributed by atoms with Gasteiger partial charge >= 0.3 is 0 Å². The van der Waals surface area contributed by atoms with Crippen molar-refractivity contribution in [1.82, 2.24) is 10.2 Å². The molecule has 0 saturated carbocycles. The molecule has 0 aliphatic rings. The second kappa shape index (κ2) is 6.53. The maximum atomic E-state index is 13.1. The number of nitrogens with one attached hydrogen (secondary N) is 1. The Kier molecular flexibility index (Phi) is 4.29. The van der Waals surface area contributed by atoms with Crippen molar-refractivity contribution in [1.29, 1.82) is 0 Å². The fourth-order valence-electron chi connectivity index (χ4n) is 2.01. The smallest absolute Gasteiger partial charge is 0.234 e. The number of rotatable bonds is 4. The lowest BCUT2D eigenvalue weighted by atomic mass is 10.2. The minimum Gasteiger partial charge on any atom is -0.325 e. The van der Waals surface area contributed by atoms with Gasteiger partial charge < -0.3 is 5.32 Å². The molecule has 0 saturated heterocycles. The Labute approximate surface area is 130 Å². The molecular weight excluding hydrogens is 301 g/mol. The minimum atomic E-state index is -0.384. The van der Waals surface area contributed by atoms with Crippen molar-refractivity contribution in [3.63, 3.8) is 0 Å². The molecule has 2 aromatic carbocycles. The summed E-state index contributed by atoms with van der Waals surface area (Å²) in [5.74, 6) is -0.421. The third kappa shape index (κ3) is 3.40. The van der Waals surface area contributed by atoms with Gasteiger partial charge in [0, 0.05) is 16.5 Å². The Balaban J connectivity index is 1.68. The minimum absolute atomic E-state index is 0.180. The van der Waals surface area contributed by atoms with Crippen LogP contribution in [0.5, 0.6) is 0 Å². The molecular formula is C16H12FN3OS. The largest absolute Gasteiger partial charge is 0.325 e. The molecule has 1 heterocycles.